The Balaban J connectivity index is 2.44. The predicted octanol–water partition coefficient (Wildman–Crippen LogP) is 1.04. The number of phenolic OH excluding ortho intramolecular Hbond substituents is 1. The van der Waals surface area contributed by atoms with Crippen molar-refractivity contribution < 1.29 is 15.0 Å². The Morgan fingerprint density at radius 3 is 2.94 bits per heavy atom. The number of azo groups is 1. The number of aliphatic hydroxyl groups is 1. The number of rotatable bonds is 1. The van der Waals surface area contributed by atoms with Crippen LogP contribution < -0.4 is 10.6 Å². The standard InChI is InChI=1S/C10H12N4O3/c1-14-4-9(16)5-2-8(15)6(3-7(5)14)12-13-10(11)17/h2-3,9,15-16H,4H2,1H3,(H2,11,17). The Labute approximate surface area is 97.2 Å². The molecule has 1 aromatic rings. The number of hydrogen-bond acceptors (Lipinski definition) is 5. The second-order valence-electron chi connectivity index (χ2n) is 3.83. The van der Waals surface area contributed by atoms with Crippen LogP contribution in [-0.2, 0) is 0 Å². The number of aliphatic hydroxyl groups excluding tert-OH is 1. The maximum absolute atomic E-state index is 10.5. The highest BCUT2D eigenvalue weighted by Gasteiger charge is 2.26. The van der Waals surface area contributed by atoms with Gasteiger partial charge in [0.15, 0.2) is 0 Å². The highest BCUT2D eigenvalue weighted by Crippen LogP contribution is 2.41. The van der Waals surface area contributed by atoms with Gasteiger partial charge in [0.2, 0.25) is 0 Å². The highest BCUT2D eigenvalue weighted by molar-refractivity contribution is 5.73. The lowest BCUT2D eigenvalue weighted by Gasteiger charge is -2.11. The molecule has 0 saturated carbocycles. The number of hydrogen-bond donors (Lipinski definition) is 3. The van der Waals surface area contributed by atoms with Gasteiger partial charge in [-0.05, 0) is 12.1 Å². The van der Waals surface area contributed by atoms with Crippen molar-refractivity contribution in [1.29, 1.82) is 0 Å². The monoisotopic (exact) mass is 236 g/mol. The average molecular weight is 236 g/mol. The number of phenols is 1. The van der Waals surface area contributed by atoms with E-state index in [0.29, 0.717) is 12.1 Å². The molecule has 1 unspecified atom stereocenters. The first-order valence-electron chi connectivity index (χ1n) is 4.96. The number of likely N-dealkylation sites (N-methyl/N-ethyl adjacent to an activating group) is 1. The summed E-state index contributed by atoms with van der Waals surface area (Å²) in [4.78, 5) is 12.3. The maximum atomic E-state index is 10.5. The lowest BCUT2D eigenvalue weighted by molar-refractivity contribution is 0.195. The molecule has 17 heavy (non-hydrogen) atoms. The van der Waals surface area contributed by atoms with Gasteiger partial charge < -0.3 is 20.8 Å². The van der Waals surface area contributed by atoms with E-state index in [1.165, 1.54) is 6.07 Å². The third-order valence-electron chi connectivity index (χ3n) is 2.60. The lowest BCUT2D eigenvalue weighted by Crippen LogP contribution is -2.14. The maximum Gasteiger partial charge on any atom is 0.356 e. The van der Waals surface area contributed by atoms with Gasteiger partial charge in [0.25, 0.3) is 0 Å². The molecule has 0 aliphatic carbocycles. The van der Waals surface area contributed by atoms with Crippen LogP contribution in [0.15, 0.2) is 22.4 Å². The fourth-order valence-electron chi connectivity index (χ4n) is 1.82. The van der Waals surface area contributed by atoms with Gasteiger partial charge in [0, 0.05) is 24.8 Å². The largest absolute Gasteiger partial charge is 0.506 e. The Kier molecular flexibility index (Phi) is 2.68. The number of nitrogens with two attached hydrogens (primary N) is 1. The van der Waals surface area contributed by atoms with Gasteiger partial charge in [-0.25, -0.2) is 4.79 Å². The van der Waals surface area contributed by atoms with Crippen molar-refractivity contribution in [3.8, 4) is 5.75 Å². The van der Waals surface area contributed by atoms with Crippen LogP contribution in [0.1, 0.15) is 11.7 Å². The summed E-state index contributed by atoms with van der Waals surface area (Å²) < 4.78 is 0. The second-order valence-corrected chi connectivity index (χ2v) is 3.83. The number of fused-ring (bicyclic) bond motifs is 1. The molecule has 4 N–H and O–H groups in total. The summed E-state index contributed by atoms with van der Waals surface area (Å²) in [5.41, 5.74) is 6.34. The molecule has 7 heteroatoms. The zero-order chi connectivity index (χ0) is 12.6. The molecular weight excluding hydrogens is 224 g/mol. The molecule has 1 heterocycles. The molecule has 2 amide bonds. The summed E-state index contributed by atoms with van der Waals surface area (Å²) in [7, 11) is 1.81. The van der Waals surface area contributed by atoms with E-state index in [0.717, 1.165) is 5.69 Å². The van der Waals surface area contributed by atoms with Gasteiger partial charge in [-0.2, -0.15) is 0 Å². The smallest absolute Gasteiger partial charge is 0.356 e. The van der Waals surface area contributed by atoms with Gasteiger partial charge in [-0.15, -0.1) is 5.11 Å². The summed E-state index contributed by atoms with van der Waals surface area (Å²) >= 11 is 0. The van der Waals surface area contributed by atoms with Gasteiger partial charge in [-0.3, -0.25) is 0 Å². The van der Waals surface area contributed by atoms with E-state index in [2.05, 4.69) is 10.2 Å². The summed E-state index contributed by atoms with van der Waals surface area (Å²) in [6, 6.07) is 2.03. The van der Waals surface area contributed by atoms with Crippen LogP contribution in [-0.4, -0.2) is 29.8 Å². The summed E-state index contributed by atoms with van der Waals surface area (Å²) in [5, 5.41) is 26.0. The number of benzene rings is 1. The molecule has 2 rings (SSSR count). The summed E-state index contributed by atoms with van der Waals surface area (Å²) in [5.74, 6) is -0.150. The number of anilines is 1. The fourth-order valence-corrected chi connectivity index (χ4v) is 1.82. The molecule has 0 saturated heterocycles. The van der Waals surface area contributed by atoms with Gasteiger partial charge >= 0.3 is 6.03 Å². The molecule has 1 aliphatic heterocycles. The van der Waals surface area contributed by atoms with Gasteiger partial charge in [-0.1, -0.05) is 5.11 Å². The van der Waals surface area contributed by atoms with Crippen molar-refractivity contribution in [2.24, 2.45) is 16.0 Å². The molecule has 0 bridgehead atoms. The van der Waals surface area contributed by atoms with Crippen molar-refractivity contribution in [2.45, 2.75) is 6.10 Å². The van der Waals surface area contributed by atoms with Crippen molar-refractivity contribution >= 4 is 17.4 Å². The van der Waals surface area contributed by atoms with E-state index < -0.39 is 12.1 Å². The zero-order valence-electron chi connectivity index (χ0n) is 9.16. The minimum atomic E-state index is -0.932. The van der Waals surface area contributed by atoms with E-state index in [-0.39, 0.29) is 11.4 Å². The number of carbonyl (C=O) groups excluding carboxylic acids is 1. The van der Waals surface area contributed by atoms with E-state index in [9.17, 15) is 15.0 Å². The van der Waals surface area contributed by atoms with E-state index in [1.807, 2.05) is 4.90 Å². The first-order valence-corrected chi connectivity index (χ1v) is 4.96. The quantitative estimate of drug-likeness (QED) is 0.632. The second kappa shape index (κ2) is 4.02. The van der Waals surface area contributed by atoms with Crippen molar-refractivity contribution in [3.63, 3.8) is 0 Å². The Morgan fingerprint density at radius 2 is 2.29 bits per heavy atom. The van der Waals surface area contributed by atoms with Gasteiger partial charge in [0.05, 0.1) is 6.10 Å². The minimum absolute atomic E-state index is 0.142. The van der Waals surface area contributed by atoms with Crippen LogP contribution in [0.5, 0.6) is 5.75 Å². The normalized spacial score (nSPS) is 18.7. The molecular formula is C10H12N4O3. The lowest BCUT2D eigenvalue weighted by atomic mass is 10.1. The van der Waals surface area contributed by atoms with Crippen LogP contribution in [0.3, 0.4) is 0 Å². The predicted molar refractivity (Wildman–Crippen MR) is 60.4 cm³/mol. The van der Waals surface area contributed by atoms with Crippen LogP contribution in [0, 0.1) is 0 Å². The van der Waals surface area contributed by atoms with Crippen molar-refractivity contribution in [2.75, 3.05) is 18.5 Å². The Hall–Kier alpha value is -2.15. The van der Waals surface area contributed by atoms with Crippen LogP contribution in [0.4, 0.5) is 16.2 Å². The Morgan fingerprint density at radius 1 is 1.59 bits per heavy atom. The number of amides is 2. The number of β-amino-alcohol motifs (C(OH)–C–C–N with tert-alkyl or cyclic N) is 1. The molecule has 0 aromatic heterocycles. The van der Waals surface area contributed by atoms with Crippen LogP contribution in [0.2, 0.25) is 0 Å². The molecule has 1 aromatic carbocycles. The molecule has 7 nitrogen and oxygen atoms in total. The SMILES string of the molecule is CN1CC(O)c2cc(O)c(N=NC(N)=O)cc21. The molecule has 1 aliphatic rings. The first kappa shape index (κ1) is 11.3. The Bertz CT molecular complexity index is 501. The first-order chi connectivity index (χ1) is 7.99. The van der Waals surface area contributed by atoms with Crippen LogP contribution >= 0.6 is 0 Å². The van der Waals surface area contributed by atoms with Crippen LogP contribution in [0.25, 0.3) is 0 Å². The van der Waals surface area contributed by atoms with E-state index in [1.54, 1.807) is 13.1 Å². The average Bonchev–Trinajstić information content (AvgIpc) is 2.51. The number of urea groups is 1. The molecule has 0 spiro atoms. The number of aromatic hydroxyl groups is 1. The van der Waals surface area contributed by atoms with E-state index in [4.69, 9.17) is 5.73 Å². The molecule has 90 valence electrons. The van der Waals surface area contributed by atoms with Crippen molar-refractivity contribution in [3.05, 3.63) is 17.7 Å². The van der Waals surface area contributed by atoms with E-state index >= 15 is 0 Å². The number of primary amides is 1. The topological polar surface area (TPSA) is 112 Å². The van der Waals surface area contributed by atoms with Crippen molar-refractivity contribution in [1.82, 2.24) is 0 Å². The molecule has 1 atom stereocenters. The third-order valence-corrected chi connectivity index (χ3v) is 2.60. The summed E-state index contributed by atoms with van der Waals surface area (Å²) in [6.45, 7) is 0.450. The van der Waals surface area contributed by atoms with Gasteiger partial charge in [0.1, 0.15) is 11.4 Å². The number of carbonyl (C=O) groups is 1. The molecule has 0 radical (unpaired) electrons. The number of nitrogens with zero attached hydrogens (tertiary/aromatic N) is 3. The highest BCUT2D eigenvalue weighted by atomic mass is 16.3. The third kappa shape index (κ3) is 2.04. The summed E-state index contributed by atoms with van der Waals surface area (Å²) in [6.07, 6.45) is -0.636. The molecule has 0 fully saturated rings. The minimum Gasteiger partial charge on any atom is -0.506 e. The fraction of sp³-hybridized carbons (Fsp3) is 0.300. The zero-order valence-corrected chi connectivity index (χ0v) is 9.16.